The Morgan fingerprint density at radius 1 is 1.36 bits per heavy atom. The number of hydrogen-bond acceptors (Lipinski definition) is 4. The smallest absolute Gasteiger partial charge is 0.341 e. The number of halogens is 4. The first kappa shape index (κ1) is 19.7. The van der Waals surface area contributed by atoms with E-state index in [9.17, 15) is 18.0 Å². The molecule has 0 bridgehead atoms. The van der Waals surface area contributed by atoms with Crippen molar-refractivity contribution in [3.63, 3.8) is 0 Å². The van der Waals surface area contributed by atoms with Crippen LogP contribution >= 0.6 is 23.7 Å². The van der Waals surface area contributed by atoms with Crippen molar-refractivity contribution >= 4 is 29.7 Å². The van der Waals surface area contributed by atoms with Crippen LogP contribution in [0, 0.1) is 0 Å². The van der Waals surface area contributed by atoms with Crippen LogP contribution in [0.1, 0.15) is 45.9 Å². The Morgan fingerprint density at radius 3 is 2.60 bits per heavy atom. The zero-order valence-corrected chi connectivity index (χ0v) is 14.7. The lowest BCUT2D eigenvalue weighted by molar-refractivity contribution is -0.137. The third-order valence-corrected chi connectivity index (χ3v) is 5.13. The number of hydrogen-bond donors (Lipinski definition) is 2. The molecule has 0 saturated heterocycles. The van der Waals surface area contributed by atoms with Gasteiger partial charge in [0.15, 0.2) is 0 Å². The van der Waals surface area contributed by atoms with E-state index >= 15 is 0 Å². The first-order chi connectivity index (χ1) is 11.3. The highest BCUT2D eigenvalue weighted by atomic mass is 35.5. The number of alkyl halides is 3. The van der Waals surface area contributed by atoms with Gasteiger partial charge in [-0.2, -0.15) is 13.2 Å². The van der Waals surface area contributed by atoms with E-state index in [2.05, 4.69) is 10.3 Å². The molecule has 0 aliphatic heterocycles. The van der Waals surface area contributed by atoms with Crippen molar-refractivity contribution in [1.82, 2.24) is 10.3 Å². The Morgan fingerprint density at radius 2 is 2.08 bits per heavy atom. The lowest BCUT2D eigenvalue weighted by Crippen LogP contribution is -2.51. The molecule has 0 spiro atoms. The Hall–Kier alpha value is -1.64. The molecular formula is C16H17ClF3N3OS. The maximum Gasteiger partial charge on any atom is 0.416 e. The number of nitrogens with one attached hydrogen (secondary N) is 1. The zero-order chi connectivity index (χ0) is 17.4. The molecule has 1 saturated carbocycles. The van der Waals surface area contributed by atoms with Crippen molar-refractivity contribution in [2.45, 2.75) is 37.5 Å². The number of thiazole rings is 1. The molecule has 0 radical (unpaired) electrons. The molecule has 1 aliphatic carbocycles. The van der Waals surface area contributed by atoms with E-state index in [0.29, 0.717) is 23.4 Å². The molecule has 9 heteroatoms. The monoisotopic (exact) mass is 391 g/mol. The normalized spacial score (nSPS) is 15.8. The van der Waals surface area contributed by atoms with E-state index in [1.807, 2.05) is 0 Å². The van der Waals surface area contributed by atoms with Gasteiger partial charge >= 0.3 is 6.18 Å². The third kappa shape index (κ3) is 3.96. The van der Waals surface area contributed by atoms with E-state index < -0.39 is 17.3 Å². The van der Waals surface area contributed by atoms with Crippen LogP contribution in [0.2, 0.25) is 0 Å². The number of nitrogens with zero attached hydrogens (tertiary/aromatic N) is 1. The van der Waals surface area contributed by atoms with Crippen LogP contribution in [-0.4, -0.2) is 10.9 Å². The topological polar surface area (TPSA) is 68.0 Å². The molecule has 1 aromatic carbocycles. The summed E-state index contributed by atoms with van der Waals surface area (Å²) in [4.78, 5) is 16.5. The van der Waals surface area contributed by atoms with Crippen LogP contribution in [0.5, 0.6) is 0 Å². The second-order valence-corrected chi connectivity index (χ2v) is 6.74. The van der Waals surface area contributed by atoms with Gasteiger partial charge in [0.25, 0.3) is 5.91 Å². The van der Waals surface area contributed by atoms with Gasteiger partial charge in [-0.3, -0.25) is 4.79 Å². The lowest BCUT2D eigenvalue weighted by Gasteiger charge is -2.43. The van der Waals surface area contributed by atoms with Crippen molar-refractivity contribution in [3.05, 3.63) is 51.5 Å². The molecule has 1 heterocycles. The maximum atomic E-state index is 12.9. The van der Waals surface area contributed by atoms with Crippen molar-refractivity contribution < 1.29 is 18.0 Å². The van der Waals surface area contributed by atoms with Gasteiger partial charge in [-0.1, -0.05) is 12.1 Å². The van der Waals surface area contributed by atoms with Crippen molar-refractivity contribution in [3.8, 4) is 0 Å². The average molecular weight is 392 g/mol. The quantitative estimate of drug-likeness (QED) is 0.831. The highest BCUT2D eigenvalue weighted by Gasteiger charge is 2.42. The Kier molecular flexibility index (Phi) is 5.75. The minimum atomic E-state index is -4.41. The van der Waals surface area contributed by atoms with E-state index in [0.717, 1.165) is 18.6 Å². The molecule has 1 aromatic heterocycles. The van der Waals surface area contributed by atoms with Crippen LogP contribution in [0.25, 0.3) is 0 Å². The van der Waals surface area contributed by atoms with E-state index in [4.69, 9.17) is 5.73 Å². The van der Waals surface area contributed by atoms with Crippen LogP contribution < -0.4 is 11.1 Å². The average Bonchev–Trinajstić information content (AvgIpc) is 2.99. The Labute approximate surface area is 153 Å². The molecule has 25 heavy (non-hydrogen) atoms. The van der Waals surface area contributed by atoms with Crippen molar-refractivity contribution in [2.75, 3.05) is 0 Å². The third-order valence-electron chi connectivity index (χ3n) is 4.26. The van der Waals surface area contributed by atoms with Crippen LogP contribution in [0.4, 0.5) is 13.2 Å². The fourth-order valence-electron chi connectivity index (χ4n) is 2.80. The summed E-state index contributed by atoms with van der Waals surface area (Å²) >= 11 is 1.29. The van der Waals surface area contributed by atoms with Gasteiger partial charge < -0.3 is 11.1 Å². The number of rotatable bonds is 4. The van der Waals surface area contributed by atoms with Gasteiger partial charge in [-0.25, -0.2) is 4.98 Å². The second-order valence-electron chi connectivity index (χ2n) is 5.80. The molecule has 2 aromatic rings. The number of carbonyl (C=O) groups excluding carboxylic acids is 1. The van der Waals surface area contributed by atoms with Crippen LogP contribution in [0.15, 0.2) is 29.6 Å². The van der Waals surface area contributed by atoms with Crippen LogP contribution in [-0.2, 0) is 18.3 Å². The van der Waals surface area contributed by atoms with Gasteiger partial charge in [0.1, 0.15) is 10.7 Å². The first-order valence-electron chi connectivity index (χ1n) is 7.49. The van der Waals surface area contributed by atoms with E-state index in [1.165, 1.54) is 17.4 Å². The summed E-state index contributed by atoms with van der Waals surface area (Å²) < 4.78 is 38.8. The first-order valence-corrected chi connectivity index (χ1v) is 8.37. The number of amides is 1. The molecule has 4 nitrogen and oxygen atoms in total. The van der Waals surface area contributed by atoms with Gasteiger partial charge in [0.05, 0.1) is 11.1 Å². The van der Waals surface area contributed by atoms with Gasteiger partial charge in [-0.15, -0.1) is 23.7 Å². The number of benzene rings is 1. The SMILES string of the molecule is Cl.NCc1nc(C(=O)NC2(c3cccc(C(F)(F)F)c3)CCC2)cs1. The summed E-state index contributed by atoms with van der Waals surface area (Å²) in [6, 6.07) is 5.15. The van der Waals surface area contributed by atoms with E-state index in [-0.39, 0.29) is 30.6 Å². The molecule has 0 atom stereocenters. The predicted octanol–water partition coefficient (Wildman–Crippen LogP) is 3.85. The maximum absolute atomic E-state index is 12.9. The number of aromatic nitrogens is 1. The summed E-state index contributed by atoms with van der Waals surface area (Å²) in [5, 5.41) is 5.12. The van der Waals surface area contributed by atoms with Gasteiger partial charge in [-0.05, 0) is 37.0 Å². The largest absolute Gasteiger partial charge is 0.416 e. The minimum absolute atomic E-state index is 0. The van der Waals surface area contributed by atoms with E-state index in [1.54, 1.807) is 11.4 Å². The van der Waals surface area contributed by atoms with Gasteiger partial charge in [0.2, 0.25) is 0 Å². The fraction of sp³-hybridized carbons (Fsp3) is 0.375. The zero-order valence-electron chi connectivity index (χ0n) is 13.1. The molecule has 3 rings (SSSR count). The highest BCUT2D eigenvalue weighted by molar-refractivity contribution is 7.09. The molecule has 1 amide bonds. The molecule has 1 fully saturated rings. The Balaban J connectivity index is 0.00000225. The predicted molar refractivity (Wildman–Crippen MR) is 91.7 cm³/mol. The molecular weight excluding hydrogens is 375 g/mol. The molecule has 3 N–H and O–H groups in total. The standard InChI is InChI=1S/C16H16F3N3OS.ClH/c17-16(18,19)11-4-1-3-10(7-11)15(5-2-6-15)22-14(23)12-9-24-13(8-20)21-12;/h1,3-4,7,9H,2,5-6,8,20H2,(H,22,23);1H. The summed E-state index contributed by atoms with van der Waals surface area (Å²) in [5.74, 6) is -0.386. The minimum Gasteiger partial charge on any atom is -0.341 e. The van der Waals surface area contributed by atoms with Crippen molar-refractivity contribution in [1.29, 1.82) is 0 Å². The summed E-state index contributed by atoms with van der Waals surface area (Å²) in [6.45, 7) is 0.247. The molecule has 1 aliphatic rings. The summed E-state index contributed by atoms with van der Waals surface area (Å²) in [7, 11) is 0. The lowest BCUT2D eigenvalue weighted by atomic mass is 9.71. The highest BCUT2D eigenvalue weighted by Crippen LogP contribution is 2.43. The molecule has 136 valence electrons. The fourth-order valence-corrected chi connectivity index (χ4v) is 3.45. The van der Waals surface area contributed by atoms with Crippen molar-refractivity contribution in [2.24, 2.45) is 5.73 Å². The Bertz CT molecular complexity index is 759. The molecule has 0 unspecified atom stereocenters. The van der Waals surface area contributed by atoms with Gasteiger partial charge in [0, 0.05) is 11.9 Å². The summed E-state index contributed by atoms with van der Waals surface area (Å²) in [6.07, 6.45) is -2.35. The number of nitrogens with two attached hydrogens (primary N) is 1. The summed E-state index contributed by atoms with van der Waals surface area (Å²) in [5.41, 5.74) is 4.74. The van der Waals surface area contributed by atoms with Crippen LogP contribution in [0.3, 0.4) is 0 Å². The number of carbonyl (C=O) groups is 1. The second kappa shape index (κ2) is 7.31.